The van der Waals surface area contributed by atoms with Crippen molar-refractivity contribution < 1.29 is 19.3 Å². The van der Waals surface area contributed by atoms with E-state index in [2.05, 4.69) is 5.32 Å². The number of urea groups is 1. The van der Waals surface area contributed by atoms with Gasteiger partial charge in [0.1, 0.15) is 12.1 Å². The fraction of sp³-hybridized carbons (Fsp3) is 0.318. The average Bonchev–Trinajstić information content (AvgIpc) is 3.57. The molecule has 0 aromatic heterocycles. The molecule has 1 heterocycles. The summed E-state index contributed by atoms with van der Waals surface area (Å²) in [7, 11) is 0. The second kappa shape index (κ2) is 7.82. The molecule has 1 atom stereocenters. The van der Waals surface area contributed by atoms with Crippen molar-refractivity contribution in [3.8, 4) is 0 Å². The summed E-state index contributed by atoms with van der Waals surface area (Å²) >= 11 is 0. The molecule has 2 aromatic carbocycles. The maximum absolute atomic E-state index is 13.1. The van der Waals surface area contributed by atoms with Gasteiger partial charge in [0, 0.05) is 24.7 Å². The van der Waals surface area contributed by atoms with Crippen molar-refractivity contribution in [2.45, 2.75) is 37.9 Å². The van der Waals surface area contributed by atoms with Crippen LogP contribution in [0.1, 0.15) is 30.9 Å². The zero-order chi connectivity index (χ0) is 22.2. The summed E-state index contributed by atoms with van der Waals surface area (Å²) in [6, 6.07) is 14.5. The zero-order valence-electron chi connectivity index (χ0n) is 17.0. The predicted molar refractivity (Wildman–Crippen MR) is 111 cm³/mol. The summed E-state index contributed by atoms with van der Waals surface area (Å²) in [5.41, 5.74) is -0.398. The second-order valence-electron chi connectivity index (χ2n) is 7.99. The Hall–Kier alpha value is -3.75. The molecule has 4 rings (SSSR count). The molecule has 9 nitrogen and oxygen atoms in total. The van der Waals surface area contributed by atoms with Crippen LogP contribution in [0.4, 0.5) is 10.5 Å². The van der Waals surface area contributed by atoms with Crippen LogP contribution in [0.5, 0.6) is 0 Å². The summed E-state index contributed by atoms with van der Waals surface area (Å²) in [6.07, 6.45) is 1.79. The van der Waals surface area contributed by atoms with E-state index >= 15 is 0 Å². The number of hydrogen-bond acceptors (Lipinski definition) is 5. The van der Waals surface area contributed by atoms with Gasteiger partial charge in [0.15, 0.2) is 0 Å². The van der Waals surface area contributed by atoms with Crippen LogP contribution in [0, 0.1) is 10.1 Å². The van der Waals surface area contributed by atoms with Gasteiger partial charge in [-0.05, 0) is 30.9 Å². The lowest BCUT2D eigenvalue weighted by Gasteiger charge is -2.25. The molecule has 2 fully saturated rings. The van der Waals surface area contributed by atoms with Crippen molar-refractivity contribution in [1.29, 1.82) is 0 Å². The molecule has 2 aliphatic rings. The van der Waals surface area contributed by atoms with Crippen LogP contribution in [0.25, 0.3) is 0 Å². The molecule has 4 amide bonds. The molecule has 9 heteroatoms. The van der Waals surface area contributed by atoms with Gasteiger partial charge in [0.05, 0.1) is 4.92 Å². The van der Waals surface area contributed by atoms with E-state index in [0.29, 0.717) is 12.1 Å². The molecular weight excluding hydrogens is 400 g/mol. The molecule has 1 saturated carbocycles. The van der Waals surface area contributed by atoms with Gasteiger partial charge < -0.3 is 10.2 Å². The lowest BCUT2D eigenvalue weighted by molar-refractivity contribution is -0.385. The molecule has 1 N–H and O–H groups in total. The summed E-state index contributed by atoms with van der Waals surface area (Å²) in [4.78, 5) is 51.9. The number of carbonyl (C=O) groups excluding carboxylic acids is 3. The van der Waals surface area contributed by atoms with Crippen LogP contribution >= 0.6 is 0 Å². The Balaban J connectivity index is 1.53. The third-order valence-electron chi connectivity index (χ3n) is 5.71. The fourth-order valence-corrected chi connectivity index (χ4v) is 3.78. The maximum Gasteiger partial charge on any atom is 0.325 e. The van der Waals surface area contributed by atoms with Crippen LogP contribution in [0.15, 0.2) is 54.6 Å². The predicted octanol–water partition coefficient (Wildman–Crippen LogP) is 2.55. The molecule has 0 radical (unpaired) electrons. The second-order valence-corrected chi connectivity index (χ2v) is 7.99. The van der Waals surface area contributed by atoms with Gasteiger partial charge in [-0.25, -0.2) is 4.79 Å². The number of rotatable bonds is 7. The number of nitrogens with zero attached hydrogens (tertiary/aromatic N) is 3. The Labute approximate surface area is 178 Å². The number of imide groups is 1. The van der Waals surface area contributed by atoms with E-state index in [4.69, 9.17) is 0 Å². The molecule has 0 spiro atoms. The van der Waals surface area contributed by atoms with Crippen LogP contribution in [0.2, 0.25) is 0 Å². The zero-order valence-corrected chi connectivity index (χ0v) is 17.0. The van der Waals surface area contributed by atoms with E-state index in [1.54, 1.807) is 11.0 Å². The third kappa shape index (κ3) is 3.98. The lowest BCUT2D eigenvalue weighted by Crippen LogP contribution is -2.45. The van der Waals surface area contributed by atoms with E-state index in [0.717, 1.165) is 23.3 Å². The minimum Gasteiger partial charge on any atom is -0.334 e. The number of nitro benzene ring substituents is 1. The van der Waals surface area contributed by atoms with Crippen molar-refractivity contribution in [3.05, 3.63) is 75.8 Å². The van der Waals surface area contributed by atoms with Gasteiger partial charge in [0.2, 0.25) is 5.91 Å². The smallest absolute Gasteiger partial charge is 0.325 e. The number of amides is 4. The van der Waals surface area contributed by atoms with Crippen LogP contribution in [-0.4, -0.2) is 45.2 Å². The molecular formula is C22H22N4O5. The molecule has 1 saturated heterocycles. The SMILES string of the molecule is CC1(c2cccc([N+](=O)[O-])c2)NC(=O)N(CC(=O)N(Cc2ccccc2)C2CC2)C1=O. The quantitative estimate of drug-likeness (QED) is 0.419. The number of nitrogens with one attached hydrogen (secondary N) is 1. The largest absolute Gasteiger partial charge is 0.334 e. The van der Waals surface area contributed by atoms with Crippen molar-refractivity contribution in [2.75, 3.05) is 6.54 Å². The Morgan fingerprint density at radius 2 is 1.90 bits per heavy atom. The Bertz CT molecular complexity index is 1050. The van der Waals surface area contributed by atoms with Gasteiger partial charge in [0.25, 0.3) is 11.6 Å². The first kappa shape index (κ1) is 20.5. The van der Waals surface area contributed by atoms with Gasteiger partial charge in [-0.15, -0.1) is 0 Å². The minimum atomic E-state index is -1.48. The lowest BCUT2D eigenvalue weighted by atomic mass is 9.91. The minimum absolute atomic E-state index is 0.108. The number of non-ortho nitro benzene ring substituents is 1. The van der Waals surface area contributed by atoms with Gasteiger partial charge in [-0.3, -0.25) is 24.6 Å². The van der Waals surface area contributed by atoms with Gasteiger partial charge >= 0.3 is 6.03 Å². The molecule has 1 aliphatic carbocycles. The van der Waals surface area contributed by atoms with Crippen molar-refractivity contribution >= 4 is 23.5 Å². The molecule has 1 aliphatic heterocycles. The summed E-state index contributed by atoms with van der Waals surface area (Å²) in [5.74, 6) is -0.917. The van der Waals surface area contributed by atoms with Crippen molar-refractivity contribution in [2.24, 2.45) is 0 Å². The van der Waals surface area contributed by atoms with E-state index in [1.165, 1.54) is 25.1 Å². The van der Waals surface area contributed by atoms with Crippen molar-refractivity contribution in [3.63, 3.8) is 0 Å². The highest BCUT2D eigenvalue weighted by molar-refractivity contribution is 6.09. The third-order valence-corrected chi connectivity index (χ3v) is 5.71. The van der Waals surface area contributed by atoms with Crippen LogP contribution < -0.4 is 5.32 Å². The normalized spacial score (nSPS) is 20.5. The highest BCUT2D eigenvalue weighted by Gasteiger charge is 2.50. The number of benzene rings is 2. The van der Waals surface area contributed by atoms with Gasteiger partial charge in [-0.2, -0.15) is 0 Å². The van der Waals surface area contributed by atoms with E-state index in [1.807, 2.05) is 30.3 Å². The summed E-state index contributed by atoms with van der Waals surface area (Å²) in [5, 5.41) is 13.7. The maximum atomic E-state index is 13.1. The number of carbonyl (C=O) groups is 3. The standard InChI is InChI=1S/C22H22N4O5/c1-22(16-8-5-9-18(12-16)26(30)31)20(28)25(21(29)23-22)14-19(27)24(17-10-11-17)13-15-6-3-2-4-7-15/h2-9,12,17H,10-11,13-14H2,1H3,(H,23,29). The molecule has 1 unspecified atom stereocenters. The number of nitro groups is 1. The fourth-order valence-electron chi connectivity index (χ4n) is 3.78. The van der Waals surface area contributed by atoms with E-state index < -0.39 is 22.4 Å². The summed E-state index contributed by atoms with van der Waals surface area (Å²) in [6.45, 7) is 1.52. The van der Waals surface area contributed by atoms with Gasteiger partial charge in [-0.1, -0.05) is 42.5 Å². The first-order valence-corrected chi connectivity index (χ1v) is 10.0. The Morgan fingerprint density at radius 1 is 1.19 bits per heavy atom. The molecule has 2 aromatic rings. The monoisotopic (exact) mass is 422 g/mol. The Kier molecular flexibility index (Phi) is 5.18. The first-order chi connectivity index (χ1) is 14.8. The highest BCUT2D eigenvalue weighted by Crippen LogP contribution is 2.32. The van der Waals surface area contributed by atoms with Crippen LogP contribution in [0.3, 0.4) is 0 Å². The highest BCUT2D eigenvalue weighted by atomic mass is 16.6. The summed E-state index contributed by atoms with van der Waals surface area (Å²) < 4.78 is 0. The topological polar surface area (TPSA) is 113 Å². The van der Waals surface area contributed by atoms with E-state index in [9.17, 15) is 24.5 Å². The van der Waals surface area contributed by atoms with Crippen LogP contribution in [-0.2, 0) is 21.7 Å². The number of hydrogen-bond donors (Lipinski definition) is 1. The van der Waals surface area contributed by atoms with Crippen molar-refractivity contribution in [1.82, 2.24) is 15.1 Å². The molecule has 160 valence electrons. The first-order valence-electron chi connectivity index (χ1n) is 10.0. The van der Waals surface area contributed by atoms with E-state index in [-0.39, 0.29) is 24.2 Å². The Morgan fingerprint density at radius 3 is 2.55 bits per heavy atom. The molecule has 0 bridgehead atoms. The average molecular weight is 422 g/mol. The molecule has 31 heavy (non-hydrogen) atoms.